The predicted molar refractivity (Wildman–Crippen MR) is 63.0 cm³/mol. The van der Waals surface area contributed by atoms with E-state index in [-0.39, 0.29) is 17.6 Å². The molecule has 0 aromatic heterocycles. The zero-order valence-electron chi connectivity index (χ0n) is 10.8. The standard InChI is InChI=1S/C13H20FNO3/c1-17-10-3-6-18-12(7-10)8-15(9-12)11(16)13(14)4-2-5-13/h10H,2-9H2,1H3/t10-/m0/s1. The molecular formula is C13H20FNO3. The first-order valence-electron chi connectivity index (χ1n) is 6.72. The van der Waals surface area contributed by atoms with Crippen molar-refractivity contribution in [1.82, 2.24) is 4.90 Å². The lowest BCUT2D eigenvalue weighted by molar-refractivity contribution is -0.206. The van der Waals surface area contributed by atoms with Crippen LogP contribution in [0.4, 0.5) is 4.39 Å². The van der Waals surface area contributed by atoms with Gasteiger partial charge in [0.25, 0.3) is 5.91 Å². The molecule has 0 N–H and O–H groups in total. The van der Waals surface area contributed by atoms with Gasteiger partial charge >= 0.3 is 0 Å². The predicted octanol–water partition coefficient (Wildman–Crippen LogP) is 1.28. The summed E-state index contributed by atoms with van der Waals surface area (Å²) in [5.41, 5.74) is -1.84. The second-order valence-electron chi connectivity index (χ2n) is 5.86. The maximum atomic E-state index is 14.0. The van der Waals surface area contributed by atoms with Crippen molar-refractivity contribution in [2.75, 3.05) is 26.8 Å². The van der Waals surface area contributed by atoms with Crippen LogP contribution in [-0.2, 0) is 14.3 Å². The van der Waals surface area contributed by atoms with Crippen molar-refractivity contribution in [3.05, 3.63) is 0 Å². The van der Waals surface area contributed by atoms with Gasteiger partial charge in [-0.3, -0.25) is 4.79 Å². The quantitative estimate of drug-likeness (QED) is 0.748. The van der Waals surface area contributed by atoms with E-state index in [1.165, 1.54) is 0 Å². The Morgan fingerprint density at radius 1 is 1.44 bits per heavy atom. The van der Waals surface area contributed by atoms with Gasteiger partial charge in [-0.2, -0.15) is 0 Å². The fourth-order valence-corrected chi connectivity index (χ4v) is 3.18. The number of likely N-dealkylation sites (tertiary alicyclic amines) is 1. The summed E-state index contributed by atoms with van der Waals surface area (Å²) >= 11 is 0. The Balaban J connectivity index is 1.57. The van der Waals surface area contributed by atoms with Crippen LogP contribution in [0.25, 0.3) is 0 Å². The molecule has 2 saturated heterocycles. The van der Waals surface area contributed by atoms with Crippen LogP contribution in [-0.4, -0.2) is 55.0 Å². The van der Waals surface area contributed by atoms with E-state index in [9.17, 15) is 9.18 Å². The molecule has 3 fully saturated rings. The molecule has 3 rings (SSSR count). The van der Waals surface area contributed by atoms with E-state index < -0.39 is 5.67 Å². The van der Waals surface area contributed by atoms with Gasteiger partial charge in [-0.15, -0.1) is 0 Å². The molecule has 5 heteroatoms. The Labute approximate surface area is 106 Å². The number of carbonyl (C=O) groups is 1. The van der Waals surface area contributed by atoms with Crippen LogP contribution in [0, 0.1) is 0 Å². The third-order valence-corrected chi connectivity index (χ3v) is 4.56. The number of alkyl halides is 1. The van der Waals surface area contributed by atoms with Gasteiger partial charge < -0.3 is 14.4 Å². The summed E-state index contributed by atoms with van der Waals surface area (Å²) in [6.45, 7) is 1.72. The highest BCUT2D eigenvalue weighted by atomic mass is 19.1. The summed E-state index contributed by atoms with van der Waals surface area (Å²) in [6, 6.07) is 0. The third kappa shape index (κ3) is 1.84. The molecule has 18 heavy (non-hydrogen) atoms. The van der Waals surface area contributed by atoms with Crippen LogP contribution in [0.3, 0.4) is 0 Å². The molecule has 0 radical (unpaired) electrons. The zero-order chi connectivity index (χ0) is 12.8. The van der Waals surface area contributed by atoms with E-state index >= 15 is 0 Å². The van der Waals surface area contributed by atoms with Crippen molar-refractivity contribution >= 4 is 5.91 Å². The molecule has 1 amide bonds. The topological polar surface area (TPSA) is 38.8 Å². The van der Waals surface area contributed by atoms with E-state index in [2.05, 4.69) is 0 Å². The first-order valence-corrected chi connectivity index (χ1v) is 6.72. The highest BCUT2D eigenvalue weighted by Crippen LogP contribution is 2.42. The first kappa shape index (κ1) is 12.4. The van der Waals surface area contributed by atoms with Crippen LogP contribution >= 0.6 is 0 Å². The van der Waals surface area contributed by atoms with Gasteiger partial charge in [-0.25, -0.2) is 4.39 Å². The highest BCUT2D eigenvalue weighted by Gasteiger charge is 2.55. The molecule has 0 aromatic rings. The van der Waals surface area contributed by atoms with Crippen molar-refractivity contribution < 1.29 is 18.7 Å². The Morgan fingerprint density at radius 3 is 2.72 bits per heavy atom. The number of amides is 1. The lowest BCUT2D eigenvalue weighted by Crippen LogP contribution is -2.70. The molecule has 3 aliphatic rings. The number of carbonyl (C=O) groups excluding carboxylic acids is 1. The number of hydrogen-bond donors (Lipinski definition) is 0. The normalized spacial score (nSPS) is 32.8. The Hall–Kier alpha value is -0.680. The molecule has 102 valence electrons. The maximum absolute atomic E-state index is 14.0. The largest absolute Gasteiger partial charge is 0.381 e. The Kier molecular flexibility index (Phi) is 2.86. The maximum Gasteiger partial charge on any atom is 0.260 e. The molecule has 1 saturated carbocycles. The molecular weight excluding hydrogens is 237 g/mol. The Morgan fingerprint density at radius 2 is 2.17 bits per heavy atom. The molecule has 4 nitrogen and oxygen atoms in total. The van der Waals surface area contributed by atoms with Gasteiger partial charge in [0, 0.05) is 20.1 Å². The fourth-order valence-electron chi connectivity index (χ4n) is 3.18. The summed E-state index contributed by atoms with van der Waals surface area (Å²) in [4.78, 5) is 13.6. The van der Waals surface area contributed by atoms with Gasteiger partial charge in [0.1, 0.15) is 5.60 Å². The molecule has 2 heterocycles. The van der Waals surface area contributed by atoms with Crippen LogP contribution in [0.15, 0.2) is 0 Å². The minimum absolute atomic E-state index is 0.207. The number of halogens is 1. The van der Waals surface area contributed by atoms with Crippen molar-refractivity contribution in [3.63, 3.8) is 0 Å². The van der Waals surface area contributed by atoms with E-state index in [0.717, 1.165) is 19.3 Å². The molecule has 0 unspecified atom stereocenters. The third-order valence-electron chi connectivity index (χ3n) is 4.56. The fraction of sp³-hybridized carbons (Fsp3) is 0.923. The van der Waals surface area contributed by atoms with Gasteiger partial charge in [0.05, 0.1) is 19.2 Å². The summed E-state index contributed by atoms with van der Waals surface area (Å²) in [5.74, 6) is -0.331. The lowest BCUT2D eigenvalue weighted by Gasteiger charge is -2.54. The minimum Gasteiger partial charge on any atom is -0.381 e. The number of rotatable bonds is 2. The number of nitrogens with zero attached hydrogens (tertiary/aromatic N) is 1. The molecule has 1 aliphatic carbocycles. The second kappa shape index (κ2) is 4.17. The first-order chi connectivity index (χ1) is 8.57. The Bertz CT molecular complexity index is 350. The second-order valence-corrected chi connectivity index (χ2v) is 5.86. The minimum atomic E-state index is -1.57. The number of ether oxygens (including phenoxy) is 2. The summed E-state index contributed by atoms with van der Waals surface area (Å²) in [6.07, 6.45) is 3.52. The van der Waals surface area contributed by atoms with Crippen LogP contribution in [0.1, 0.15) is 32.1 Å². The van der Waals surface area contributed by atoms with Gasteiger partial charge in [-0.05, 0) is 25.7 Å². The van der Waals surface area contributed by atoms with Crippen molar-refractivity contribution in [2.45, 2.75) is 49.5 Å². The molecule has 0 aromatic carbocycles. The molecule has 2 aliphatic heterocycles. The van der Waals surface area contributed by atoms with E-state index in [1.807, 2.05) is 0 Å². The molecule has 1 spiro atoms. The van der Waals surface area contributed by atoms with Crippen molar-refractivity contribution in [3.8, 4) is 0 Å². The van der Waals surface area contributed by atoms with E-state index in [1.54, 1.807) is 12.0 Å². The van der Waals surface area contributed by atoms with Crippen LogP contribution in [0.5, 0.6) is 0 Å². The van der Waals surface area contributed by atoms with Gasteiger partial charge in [0.2, 0.25) is 0 Å². The van der Waals surface area contributed by atoms with E-state index in [4.69, 9.17) is 9.47 Å². The monoisotopic (exact) mass is 257 g/mol. The molecule has 1 atom stereocenters. The lowest BCUT2D eigenvalue weighted by atomic mass is 9.78. The average Bonchev–Trinajstić information content (AvgIpc) is 2.32. The summed E-state index contributed by atoms with van der Waals surface area (Å²) in [7, 11) is 1.70. The summed E-state index contributed by atoms with van der Waals surface area (Å²) < 4.78 is 25.2. The van der Waals surface area contributed by atoms with Crippen LogP contribution < -0.4 is 0 Å². The summed E-state index contributed by atoms with van der Waals surface area (Å²) in [5, 5.41) is 0. The number of methoxy groups -OCH3 is 1. The average molecular weight is 257 g/mol. The molecule has 0 bridgehead atoms. The van der Waals surface area contributed by atoms with Crippen molar-refractivity contribution in [1.29, 1.82) is 0 Å². The zero-order valence-corrected chi connectivity index (χ0v) is 10.8. The highest BCUT2D eigenvalue weighted by molar-refractivity contribution is 5.87. The van der Waals surface area contributed by atoms with Gasteiger partial charge in [0.15, 0.2) is 5.67 Å². The van der Waals surface area contributed by atoms with Gasteiger partial charge in [-0.1, -0.05) is 0 Å². The number of hydrogen-bond acceptors (Lipinski definition) is 3. The van der Waals surface area contributed by atoms with E-state index in [0.29, 0.717) is 32.5 Å². The van der Waals surface area contributed by atoms with Crippen molar-refractivity contribution in [2.24, 2.45) is 0 Å². The smallest absolute Gasteiger partial charge is 0.260 e. The van der Waals surface area contributed by atoms with Crippen LogP contribution in [0.2, 0.25) is 0 Å². The SMILES string of the molecule is CO[C@H]1CCOC2(C1)CN(C(=O)C1(F)CCC1)C2.